The summed E-state index contributed by atoms with van der Waals surface area (Å²) in [6, 6.07) is 10.1. The Morgan fingerprint density at radius 2 is 1.57 bits per heavy atom. The number of aliphatic imine (C=N–C) groups is 1. The number of nitrogens with zero attached hydrogens (tertiary/aromatic N) is 2. The van der Waals surface area contributed by atoms with E-state index in [4.69, 9.17) is 0 Å². The molecule has 0 N–H and O–H groups in total. The van der Waals surface area contributed by atoms with Gasteiger partial charge in [0.05, 0.1) is 16.2 Å². The topological polar surface area (TPSA) is 55.5 Å². The van der Waals surface area contributed by atoms with Gasteiger partial charge in [0.25, 0.3) is 5.69 Å². The zero-order chi connectivity index (χ0) is 15.5. The van der Waals surface area contributed by atoms with Crippen molar-refractivity contribution in [2.24, 2.45) is 4.99 Å². The van der Waals surface area contributed by atoms with E-state index in [1.54, 1.807) is 0 Å². The lowest BCUT2D eigenvalue weighted by molar-refractivity contribution is -0.384. The molecule has 0 heterocycles. The highest BCUT2D eigenvalue weighted by molar-refractivity contribution is 5.82. The molecule has 2 rings (SSSR count). The molecule has 0 unspecified atom stereocenters. The molecular weight excluding hydrogens is 285 g/mol. The maximum Gasteiger partial charge on any atom is 0.416 e. The van der Waals surface area contributed by atoms with E-state index in [0.29, 0.717) is 11.3 Å². The molecule has 0 atom stereocenters. The number of nitro benzene ring substituents is 1. The molecule has 0 aliphatic rings. The summed E-state index contributed by atoms with van der Waals surface area (Å²) in [4.78, 5) is 14.0. The minimum absolute atomic E-state index is 0.0523. The van der Waals surface area contributed by atoms with E-state index in [2.05, 4.69) is 4.99 Å². The molecule has 7 heteroatoms. The maximum atomic E-state index is 12.4. The number of alkyl halides is 3. The Morgan fingerprint density at radius 1 is 1.00 bits per heavy atom. The molecular formula is C14H9F3N2O2. The van der Waals surface area contributed by atoms with Gasteiger partial charge in [0.2, 0.25) is 0 Å². The van der Waals surface area contributed by atoms with Gasteiger partial charge in [-0.3, -0.25) is 15.1 Å². The molecule has 21 heavy (non-hydrogen) atoms. The first-order valence-electron chi connectivity index (χ1n) is 5.82. The number of non-ortho nitro benzene ring substituents is 1. The standard InChI is InChI=1S/C14H9F3N2O2/c15-14(16,17)11-3-1-10(2-4-11)9-18-12-5-7-13(8-6-12)19(20)21/h1-9H. The predicted octanol–water partition coefficient (Wildman–Crippen LogP) is 4.36. The second kappa shape index (κ2) is 5.74. The molecule has 0 saturated carbocycles. The van der Waals surface area contributed by atoms with E-state index >= 15 is 0 Å². The smallest absolute Gasteiger partial charge is 0.258 e. The number of hydrogen-bond acceptors (Lipinski definition) is 3. The van der Waals surface area contributed by atoms with Crippen molar-refractivity contribution in [3.63, 3.8) is 0 Å². The number of halogens is 3. The largest absolute Gasteiger partial charge is 0.416 e. The summed E-state index contributed by atoms with van der Waals surface area (Å²) in [5.74, 6) is 0. The lowest BCUT2D eigenvalue weighted by atomic mass is 10.1. The van der Waals surface area contributed by atoms with Crippen molar-refractivity contribution < 1.29 is 18.1 Å². The Hall–Kier alpha value is -2.70. The lowest BCUT2D eigenvalue weighted by Gasteiger charge is -2.05. The van der Waals surface area contributed by atoms with Crippen molar-refractivity contribution in [1.29, 1.82) is 0 Å². The van der Waals surface area contributed by atoms with Crippen LogP contribution in [-0.4, -0.2) is 11.1 Å². The Kier molecular flexibility index (Phi) is 4.02. The quantitative estimate of drug-likeness (QED) is 0.479. The minimum Gasteiger partial charge on any atom is -0.258 e. The van der Waals surface area contributed by atoms with E-state index in [-0.39, 0.29) is 5.69 Å². The Balaban J connectivity index is 2.12. The number of nitro groups is 1. The molecule has 0 aliphatic heterocycles. The van der Waals surface area contributed by atoms with Crippen LogP contribution in [0.3, 0.4) is 0 Å². The second-order valence-electron chi connectivity index (χ2n) is 4.15. The highest BCUT2D eigenvalue weighted by Gasteiger charge is 2.29. The average molecular weight is 294 g/mol. The zero-order valence-corrected chi connectivity index (χ0v) is 10.5. The number of hydrogen-bond donors (Lipinski definition) is 0. The summed E-state index contributed by atoms with van der Waals surface area (Å²) in [6.45, 7) is 0. The molecule has 0 aromatic heterocycles. The highest BCUT2D eigenvalue weighted by Crippen LogP contribution is 2.29. The van der Waals surface area contributed by atoms with Gasteiger partial charge in [0, 0.05) is 18.3 Å². The van der Waals surface area contributed by atoms with Gasteiger partial charge in [0.1, 0.15) is 0 Å². The van der Waals surface area contributed by atoms with E-state index < -0.39 is 16.7 Å². The van der Waals surface area contributed by atoms with E-state index in [9.17, 15) is 23.3 Å². The first-order valence-corrected chi connectivity index (χ1v) is 5.82. The molecule has 0 spiro atoms. The average Bonchev–Trinajstić information content (AvgIpc) is 2.45. The SMILES string of the molecule is O=[N+]([O-])c1ccc(N=Cc2ccc(C(F)(F)F)cc2)cc1. The van der Waals surface area contributed by atoms with Gasteiger partial charge in [-0.15, -0.1) is 0 Å². The van der Waals surface area contributed by atoms with Crippen LogP contribution >= 0.6 is 0 Å². The summed E-state index contributed by atoms with van der Waals surface area (Å²) >= 11 is 0. The van der Waals surface area contributed by atoms with Crippen LogP contribution in [0.25, 0.3) is 0 Å². The molecule has 0 fully saturated rings. The Labute approximate surface area is 117 Å². The first-order chi connectivity index (χ1) is 9.86. The van der Waals surface area contributed by atoms with Crippen molar-refractivity contribution in [3.05, 3.63) is 69.8 Å². The molecule has 0 radical (unpaired) electrons. The molecule has 2 aromatic carbocycles. The van der Waals surface area contributed by atoms with Crippen molar-refractivity contribution in [1.82, 2.24) is 0 Å². The van der Waals surface area contributed by atoms with Gasteiger partial charge >= 0.3 is 6.18 Å². The first kappa shape index (κ1) is 14.7. The van der Waals surface area contributed by atoms with E-state index in [1.165, 1.54) is 42.6 Å². The fourth-order valence-corrected chi connectivity index (χ4v) is 1.57. The molecule has 0 amide bonds. The Morgan fingerprint density at radius 3 is 2.05 bits per heavy atom. The summed E-state index contributed by atoms with van der Waals surface area (Å²) < 4.78 is 37.2. The third-order valence-electron chi connectivity index (χ3n) is 2.66. The normalized spacial score (nSPS) is 11.8. The van der Waals surface area contributed by atoms with Gasteiger partial charge in [0.15, 0.2) is 0 Å². The van der Waals surface area contributed by atoms with Crippen LogP contribution in [0.4, 0.5) is 24.5 Å². The van der Waals surface area contributed by atoms with Crippen LogP contribution < -0.4 is 0 Å². The third-order valence-corrected chi connectivity index (χ3v) is 2.66. The lowest BCUT2D eigenvalue weighted by Crippen LogP contribution is -2.04. The summed E-state index contributed by atoms with van der Waals surface area (Å²) in [7, 11) is 0. The minimum atomic E-state index is -4.37. The molecule has 0 saturated heterocycles. The van der Waals surface area contributed by atoms with Crippen LogP contribution in [0.5, 0.6) is 0 Å². The molecule has 108 valence electrons. The molecule has 0 aliphatic carbocycles. The van der Waals surface area contributed by atoms with E-state index in [1.807, 2.05) is 0 Å². The summed E-state index contributed by atoms with van der Waals surface area (Å²) in [6.07, 6.45) is -2.98. The van der Waals surface area contributed by atoms with Gasteiger partial charge in [-0.05, 0) is 29.8 Å². The fraction of sp³-hybridized carbons (Fsp3) is 0.0714. The number of rotatable bonds is 3. The van der Waals surface area contributed by atoms with Gasteiger partial charge in [-0.2, -0.15) is 13.2 Å². The van der Waals surface area contributed by atoms with Crippen molar-refractivity contribution in [2.45, 2.75) is 6.18 Å². The molecule has 2 aromatic rings. The third kappa shape index (κ3) is 3.88. The zero-order valence-electron chi connectivity index (χ0n) is 10.5. The number of benzene rings is 2. The van der Waals surface area contributed by atoms with Gasteiger partial charge in [-0.25, -0.2) is 0 Å². The monoisotopic (exact) mass is 294 g/mol. The van der Waals surface area contributed by atoms with Crippen LogP contribution in [0.15, 0.2) is 53.5 Å². The van der Waals surface area contributed by atoms with Crippen LogP contribution in [0.1, 0.15) is 11.1 Å². The van der Waals surface area contributed by atoms with Crippen LogP contribution in [0.2, 0.25) is 0 Å². The maximum absolute atomic E-state index is 12.4. The predicted molar refractivity (Wildman–Crippen MR) is 71.8 cm³/mol. The highest BCUT2D eigenvalue weighted by atomic mass is 19.4. The van der Waals surface area contributed by atoms with Crippen LogP contribution in [0, 0.1) is 10.1 Å². The van der Waals surface area contributed by atoms with Crippen molar-refractivity contribution in [3.8, 4) is 0 Å². The van der Waals surface area contributed by atoms with Gasteiger partial charge in [-0.1, -0.05) is 12.1 Å². The Bertz CT molecular complexity index is 662. The van der Waals surface area contributed by atoms with E-state index in [0.717, 1.165) is 12.1 Å². The van der Waals surface area contributed by atoms with Crippen molar-refractivity contribution in [2.75, 3.05) is 0 Å². The van der Waals surface area contributed by atoms with Crippen LogP contribution in [-0.2, 0) is 6.18 Å². The fourth-order valence-electron chi connectivity index (χ4n) is 1.57. The summed E-state index contributed by atoms with van der Waals surface area (Å²) in [5.41, 5.74) is 0.195. The second-order valence-corrected chi connectivity index (χ2v) is 4.15. The van der Waals surface area contributed by atoms with Crippen molar-refractivity contribution >= 4 is 17.6 Å². The van der Waals surface area contributed by atoms with Gasteiger partial charge < -0.3 is 0 Å². The molecule has 0 bridgehead atoms. The summed E-state index contributed by atoms with van der Waals surface area (Å²) in [5, 5.41) is 10.5. The molecule has 4 nitrogen and oxygen atoms in total.